The van der Waals surface area contributed by atoms with Gasteiger partial charge in [0.1, 0.15) is 12.4 Å². The standard InChI is InChI=1S/C16H20ClN3O/c1-10-5-7-14(8-6-10)21-9-11(2)18-16-15(17)19-12(3)13(4)20-16/h5-8,11H,9H2,1-4H3,(H,18,20). The summed E-state index contributed by atoms with van der Waals surface area (Å²) < 4.78 is 5.74. The van der Waals surface area contributed by atoms with E-state index < -0.39 is 0 Å². The summed E-state index contributed by atoms with van der Waals surface area (Å²) in [5.41, 5.74) is 2.92. The zero-order chi connectivity index (χ0) is 15.4. The Labute approximate surface area is 130 Å². The predicted octanol–water partition coefficient (Wildman–Crippen LogP) is 3.93. The summed E-state index contributed by atoms with van der Waals surface area (Å²) in [4.78, 5) is 8.67. The van der Waals surface area contributed by atoms with Gasteiger partial charge >= 0.3 is 0 Å². The minimum Gasteiger partial charge on any atom is -0.491 e. The minimum atomic E-state index is 0.0696. The highest BCUT2D eigenvalue weighted by molar-refractivity contribution is 6.31. The molecule has 1 atom stereocenters. The molecular formula is C16H20ClN3O. The first-order valence-corrected chi connectivity index (χ1v) is 7.30. The van der Waals surface area contributed by atoms with Gasteiger partial charge in [-0.2, -0.15) is 0 Å². The molecule has 21 heavy (non-hydrogen) atoms. The average Bonchev–Trinajstić information content (AvgIpc) is 2.44. The number of halogens is 1. The molecule has 0 aliphatic rings. The van der Waals surface area contributed by atoms with Crippen molar-refractivity contribution in [2.24, 2.45) is 0 Å². The predicted molar refractivity (Wildman–Crippen MR) is 86.3 cm³/mol. The van der Waals surface area contributed by atoms with Crippen LogP contribution in [-0.4, -0.2) is 22.6 Å². The van der Waals surface area contributed by atoms with Crippen molar-refractivity contribution in [2.75, 3.05) is 11.9 Å². The van der Waals surface area contributed by atoms with Gasteiger partial charge in [0, 0.05) is 0 Å². The van der Waals surface area contributed by atoms with Gasteiger partial charge in [-0.05, 0) is 39.8 Å². The number of aryl methyl sites for hydroxylation is 3. The normalized spacial score (nSPS) is 12.0. The number of benzene rings is 1. The smallest absolute Gasteiger partial charge is 0.171 e. The van der Waals surface area contributed by atoms with Crippen LogP contribution >= 0.6 is 11.6 Å². The van der Waals surface area contributed by atoms with Gasteiger partial charge in [-0.25, -0.2) is 9.97 Å². The second-order valence-electron chi connectivity index (χ2n) is 5.20. The Hall–Kier alpha value is -1.81. The van der Waals surface area contributed by atoms with Crippen LogP contribution in [0.2, 0.25) is 5.15 Å². The highest BCUT2D eigenvalue weighted by atomic mass is 35.5. The lowest BCUT2D eigenvalue weighted by Gasteiger charge is -2.17. The topological polar surface area (TPSA) is 47.0 Å². The van der Waals surface area contributed by atoms with Crippen LogP contribution in [0.25, 0.3) is 0 Å². The molecule has 0 spiro atoms. The third-order valence-corrected chi connectivity index (χ3v) is 3.43. The summed E-state index contributed by atoms with van der Waals surface area (Å²) >= 11 is 6.10. The molecule has 0 amide bonds. The molecule has 1 unspecified atom stereocenters. The van der Waals surface area contributed by atoms with E-state index in [0.29, 0.717) is 17.6 Å². The van der Waals surface area contributed by atoms with Crippen LogP contribution in [0.3, 0.4) is 0 Å². The van der Waals surface area contributed by atoms with E-state index in [0.717, 1.165) is 17.1 Å². The summed E-state index contributed by atoms with van der Waals surface area (Å²) in [6.45, 7) is 8.39. The van der Waals surface area contributed by atoms with Crippen LogP contribution in [0.5, 0.6) is 5.75 Å². The van der Waals surface area contributed by atoms with Gasteiger partial charge in [-0.1, -0.05) is 29.3 Å². The summed E-state index contributed by atoms with van der Waals surface area (Å²) in [5.74, 6) is 1.45. The SMILES string of the molecule is Cc1ccc(OCC(C)Nc2nc(C)c(C)nc2Cl)cc1. The van der Waals surface area contributed by atoms with Crippen LogP contribution < -0.4 is 10.1 Å². The first-order valence-electron chi connectivity index (χ1n) is 6.92. The van der Waals surface area contributed by atoms with Crippen molar-refractivity contribution >= 4 is 17.4 Å². The average molecular weight is 306 g/mol. The molecule has 0 saturated carbocycles. The molecule has 0 fully saturated rings. The van der Waals surface area contributed by atoms with Gasteiger partial charge in [0.25, 0.3) is 0 Å². The molecule has 0 radical (unpaired) electrons. The van der Waals surface area contributed by atoms with Crippen molar-refractivity contribution in [3.8, 4) is 5.75 Å². The van der Waals surface area contributed by atoms with E-state index in [-0.39, 0.29) is 6.04 Å². The van der Waals surface area contributed by atoms with Crippen LogP contribution in [0, 0.1) is 20.8 Å². The maximum absolute atomic E-state index is 6.10. The second-order valence-corrected chi connectivity index (χ2v) is 5.56. The number of hydrogen-bond donors (Lipinski definition) is 1. The first kappa shape index (κ1) is 15.6. The molecule has 5 heteroatoms. The van der Waals surface area contributed by atoms with E-state index in [9.17, 15) is 0 Å². The Morgan fingerprint density at radius 1 is 1.10 bits per heavy atom. The summed E-state index contributed by atoms with van der Waals surface area (Å²) in [6.07, 6.45) is 0. The fourth-order valence-electron chi connectivity index (χ4n) is 1.80. The van der Waals surface area contributed by atoms with Gasteiger partial charge in [0.2, 0.25) is 0 Å². The van der Waals surface area contributed by atoms with Gasteiger partial charge in [-0.15, -0.1) is 0 Å². The van der Waals surface area contributed by atoms with Crippen molar-refractivity contribution in [1.82, 2.24) is 9.97 Å². The van der Waals surface area contributed by atoms with Crippen LogP contribution in [0.4, 0.5) is 5.82 Å². The zero-order valence-electron chi connectivity index (χ0n) is 12.8. The molecule has 2 rings (SSSR count). The van der Waals surface area contributed by atoms with Gasteiger partial charge in [0.05, 0.1) is 17.4 Å². The minimum absolute atomic E-state index is 0.0696. The monoisotopic (exact) mass is 305 g/mol. The molecule has 4 nitrogen and oxygen atoms in total. The molecular weight excluding hydrogens is 286 g/mol. The number of anilines is 1. The van der Waals surface area contributed by atoms with Crippen LogP contribution in [0.15, 0.2) is 24.3 Å². The quantitative estimate of drug-likeness (QED) is 0.909. The molecule has 0 saturated heterocycles. The number of hydrogen-bond acceptors (Lipinski definition) is 4. The Balaban J connectivity index is 1.94. The Kier molecular flexibility index (Phi) is 5.02. The summed E-state index contributed by atoms with van der Waals surface area (Å²) in [7, 11) is 0. The fraction of sp³-hybridized carbons (Fsp3) is 0.375. The maximum Gasteiger partial charge on any atom is 0.171 e. The Morgan fingerprint density at radius 3 is 2.38 bits per heavy atom. The van der Waals surface area contributed by atoms with E-state index in [2.05, 4.69) is 15.3 Å². The van der Waals surface area contributed by atoms with E-state index in [4.69, 9.17) is 16.3 Å². The molecule has 1 aromatic carbocycles. The molecule has 0 bridgehead atoms. The molecule has 2 aromatic rings. The third kappa shape index (κ3) is 4.33. The lowest BCUT2D eigenvalue weighted by molar-refractivity contribution is 0.303. The van der Waals surface area contributed by atoms with Gasteiger partial charge < -0.3 is 10.1 Å². The van der Waals surface area contributed by atoms with Crippen molar-refractivity contribution in [3.63, 3.8) is 0 Å². The highest BCUT2D eigenvalue weighted by Gasteiger charge is 2.10. The maximum atomic E-state index is 6.10. The molecule has 0 aliphatic carbocycles. The fourth-order valence-corrected chi connectivity index (χ4v) is 2.02. The van der Waals surface area contributed by atoms with Gasteiger partial charge in [0.15, 0.2) is 11.0 Å². The largest absolute Gasteiger partial charge is 0.491 e. The van der Waals surface area contributed by atoms with E-state index in [1.54, 1.807) is 0 Å². The lowest BCUT2D eigenvalue weighted by Crippen LogP contribution is -2.24. The first-order chi connectivity index (χ1) is 9.95. The zero-order valence-corrected chi connectivity index (χ0v) is 13.5. The molecule has 112 valence electrons. The number of nitrogens with one attached hydrogen (secondary N) is 1. The molecule has 1 aromatic heterocycles. The second kappa shape index (κ2) is 6.76. The third-order valence-electron chi connectivity index (χ3n) is 3.17. The number of aromatic nitrogens is 2. The van der Waals surface area contributed by atoms with E-state index in [1.165, 1.54) is 5.56 Å². The highest BCUT2D eigenvalue weighted by Crippen LogP contribution is 2.19. The van der Waals surface area contributed by atoms with E-state index >= 15 is 0 Å². The van der Waals surface area contributed by atoms with E-state index in [1.807, 2.05) is 52.0 Å². The van der Waals surface area contributed by atoms with Crippen molar-refractivity contribution < 1.29 is 4.74 Å². The number of nitrogens with zero attached hydrogens (tertiary/aromatic N) is 2. The van der Waals surface area contributed by atoms with Crippen molar-refractivity contribution in [3.05, 3.63) is 46.4 Å². The van der Waals surface area contributed by atoms with Crippen LogP contribution in [-0.2, 0) is 0 Å². The molecule has 0 aliphatic heterocycles. The van der Waals surface area contributed by atoms with Crippen LogP contribution in [0.1, 0.15) is 23.9 Å². The summed E-state index contributed by atoms with van der Waals surface area (Å²) in [5, 5.41) is 3.62. The van der Waals surface area contributed by atoms with Crippen molar-refractivity contribution in [2.45, 2.75) is 33.7 Å². The molecule has 1 N–H and O–H groups in total. The summed E-state index contributed by atoms with van der Waals surface area (Å²) in [6, 6.07) is 8.05. The number of rotatable bonds is 5. The molecule has 1 heterocycles. The Morgan fingerprint density at radius 2 is 1.71 bits per heavy atom. The number of ether oxygens (including phenoxy) is 1. The van der Waals surface area contributed by atoms with Crippen molar-refractivity contribution in [1.29, 1.82) is 0 Å². The lowest BCUT2D eigenvalue weighted by atomic mass is 10.2. The Bertz CT molecular complexity index is 614. The van der Waals surface area contributed by atoms with Gasteiger partial charge in [-0.3, -0.25) is 0 Å².